The smallest absolute Gasteiger partial charge is 0.249 e. The zero-order valence-corrected chi connectivity index (χ0v) is 13.0. The molecule has 1 N–H and O–H groups in total. The average molecular weight is 290 g/mol. The number of hydrogen-bond donors (Lipinski definition) is 1. The van der Waals surface area contributed by atoms with E-state index in [9.17, 15) is 4.79 Å². The third-order valence-corrected chi connectivity index (χ3v) is 3.87. The van der Waals surface area contributed by atoms with E-state index in [0.29, 0.717) is 6.54 Å². The van der Waals surface area contributed by atoms with Crippen LogP contribution in [0.2, 0.25) is 0 Å². The molecule has 1 heterocycles. The largest absolute Gasteiger partial charge is 0.368 e. The summed E-state index contributed by atoms with van der Waals surface area (Å²) in [5.41, 5.74) is 1.15. The Kier molecular flexibility index (Phi) is 6.21. The van der Waals surface area contributed by atoms with Crippen LogP contribution in [0.3, 0.4) is 0 Å². The maximum Gasteiger partial charge on any atom is 0.249 e. The molecule has 1 fully saturated rings. The Bertz CT molecular complexity index is 428. The van der Waals surface area contributed by atoms with Crippen molar-refractivity contribution in [2.24, 2.45) is 0 Å². The van der Waals surface area contributed by atoms with Gasteiger partial charge in [0.15, 0.2) is 0 Å². The number of carbonyl (C=O) groups excluding carboxylic acids is 1. The minimum absolute atomic E-state index is 0.0763. The van der Waals surface area contributed by atoms with Crippen LogP contribution in [-0.2, 0) is 16.1 Å². The van der Waals surface area contributed by atoms with Gasteiger partial charge in [0.1, 0.15) is 6.61 Å². The van der Waals surface area contributed by atoms with Gasteiger partial charge in [-0.15, -0.1) is 0 Å². The summed E-state index contributed by atoms with van der Waals surface area (Å²) in [4.78, 5) is 14.3. The van der Waals surface area contributed by atoms with Crippen LogP contribution in [0, 0.1) is 0 Å². The second-order valence-electron chi connectivity index (χ2n) is 5.86. The number of rotatable bonds is 6. The monoisotopic (exact) mass is 290 g/mol. The molecule has 0 aromatic heterocycles. The van der Waals surface area contributed by atoms with Crippen molar-refractivity contribution in [3.05, 3.63) is 35.9 Å². The average Bonchev–Trinajstić information content (AvgIpc) is 2.52. The van der Waals surface area contributed by atoms with Gasteiger partial charge in [-0.2, -0.15) is 0 Å². The Balaban J connectivity index is 1.86. The number of ether oxygens (including phenoxy) is 1. The summed E-state index contributed by atoms with van der Waals surface area (Å²) in [6.45, 7) is 6.90. The number of nitrogens with zero attached hydrogens (tertiary/aromatic N) is 1. The van der Waals surface area contributed by atoms with Crippen LogP contribution >= 0.6 is 0 Å². The third-order valence-electron chi connectivity index (χ3n) is 3.87. The maximum atomic E-state index is 12.4. The fraction of sp³-hybridized carbons (Fsp3) is 0.588. The second kappa shape index (κ2) is 8.15. The summed E-state index contributed by atoms with van der Waals surface area (Å²) in [7, 11) is 0. The molecule has 1 aromatic rings. The molecule has 0 spiro atoms. The molecule has 1 aliphatic heterocycles. The van der Waals surface area contributed by atoms with Crippen molar-refractivity contribution >= 4 is 5.91 Å². The summed E-state index contributed by atoms with van der Waals surface area (Å²) in [6.07, 6.45) is 2.21. The zero-order valence-electron chi connectivity index (χ0n) is 13.0. The number of carbonyl (C=O) groups is 1. The molecule has 1 amide bonds. The van der Waals surface area contributed by atoms with E-state index in [1.165, 1.54) is 0 Å². The maximum absolute atomic E-state index is 12.4. The Hall–Kier alpha value is -1.39. The summed E-state index contributed by atoms with van der Waals surface area (Å²) in [6, 6.07) is 10.3. The molecule has 0 radical (unpaired) electrons. The summed E-state index contributed by atoms with van der Waals surface area (Å²) >= 11 is 0. The SMILES string of the molecule is CC(C)N(Cc1ccccc1)C(=O)COC1CCNCC1. The van der Waals surface area contributed by atoms with Crippen molar-refractivity contribution in [3.63, 3.8) is 0 Å². The van der Waals surface area contributed by atoms with Crippen LogP contribution < -0.4 is 5.32 Å². The number of piperidine rings is 1. The van der Waals surface area contributed by atoms with Crippen LogP contribution in [0.5, 0.6) is 0 Å². The third kappa shape index (κ3) is 5.14. The van der Waals surface area contributed by atoms with Gasteiger partial charge in [0.2, 0.25) is 5.91 Å². The molecule has 1 saturated heterocycles. The highest BCUT2D eigenvalue weighted by molar-refractivity contribution is 5.77. The Labute approximate surface area is 127 Å². The number of benzene rings is 1. The Morgan fingerprint density at radius 3 is 2.57 bits per heavy atom. The number of amides is 1. The van der Waals surface area contributed by atoms with Crippen LogP contribution in [0.4, 0.5) is 0 Å². The fourth-order valence-corrected chi connectivity index (χ4v) is 2.57. The van der Waals surface area contributed by atoms with Gasteiger partial charge in [-0.05, 0) is 45.3 Å². The van der Waals surface area contributed by atoms with Gasteiger partial charge in [0.25, 0.3) is 0 Å². The molecule has 0 saturated carbocycles. The van der Waals surface area contributed by atoms with Crippen LogP contribution in [-0.4, -0.2) is 42.6 Å². The first-order valence-corrected chi connectivity index (χ1v) is 7.82. The fourth-order valence-electron chi connectivity index (χ4n) is 2.57. The number of nitrogens with one attached hydrogen (secondary N) is 1. The topological polar surface area (TPSA) is 41.6 Å². The minimum atomic E-state index is 0.0763. The lowest BCUT2D eigenvalue weighted by Crippen LogP contribution is -2.40. The lowest BCUT2D eigenvalue weighted by Gasteiger charge is -2.29. The molecule has 0 bridgehead atoms. The molecular formula is C17H26N2O2. The van der Waals surface area contributed by atoms with E-state index in [-0.39, 0.29) is 24.7 Å². The van der Waals surface area contributed by atoms with E-state index >= 15 is 0 Å². The van der Waals surface area contributed by atoms with E-state index < -0.39 is 0 Å². The summed E-state index contributed by atoms with van der Waals surface area (Å²) in [5.74, 6) is 0.0763. The van der Waals surface area contributed by atoms with E-state index in [4.69, 9.17) is 4.74 Å². The molecule has 0 aliphatic carbocycles. The first-order chi connectivity index (χ1) is 10.2. The molecule has 21 heavy (non-hydrogen) atoms. The molecule has 4 heteroatoms. The first-order valence-electron chi connectivity index (χ1n) is 7.82. The lowest BCUT2D eigenvalue weighted by atomic mass is 10.1. The van der Waals surface area contributed by atoms with Crippen molar-refractivity contribution < 1.29 is 9.53 Å². The Morgan fingerprint density at radius 1 is 1.29 bits per heavy atom. The first kappa shape index (κ1) is 16.0. The van der Waals surface area contributed by atoms with Crippen molar-refractivity contribution in [1.29, 1.82) is 0 Å². The molecule has 116 valence electrons. The predicted molar refractivity (Wildman–Crippen MR) is 84.0 cm³/mol. The highest BCUT2D eigenvalue weighted by Gasteiger charge is 2.20. The Morgan fingerprint density at radius 2 is 1.95 bits per heavy atom. The molecule has 1 aliphatic rings. The molecule has 0 atom stereocenters. The van der Waals surface area contributed by atoms with E-state index in [2.05, 4.69) is 17.4 Å². The van der Waals surface area contributed by atoms with Gasteiger partial charge in [-0.25, -0.2) is 0 Å². The highest BCUT2D eigenvalue weighted by atomic mass is 16.5. The van der Waals surface area contributed by atoms with E-state index in [0.717, 1.165) is 31.5 Å². The van der Waals surface area contributed by atoms with Crippen molar-refractivity contribution in [2.75, 3.05) is 19.7 Å². The van der Waals surface area contributed by atoms with Gasteiger partial charge in [0.05, 0.1) is 6.10 Å². The van der Waals surface area contributed by atoms with Crippen LogP contribution in [0.1, 0.15) is 32.3 Å². The predicted octanol–water partition coefficient (Wildman–Crippen LogP) is 2.19. The molecular weight excluding hydrogens is 264 g/mol. The molecule has 1 aromatic carbocycles. The van der Waals surface area contributed by atoms with Gasteiger partial charge < -0.3 is 15.0 Å². The van der Waals surface area contributed by atoms with Crippen LogP contribution in [0.15, 0.2) is 30.3 Å². The van der Waals surface area contributed by atoms with Gasteiger partial charge >= 0.3 is 0 Å². The molecule has 0 unspecified atom stereocenters. The molecule has 4 nitrogen and oxygen atoms in total. The van der Waals surface area contributed by atoms with Gasteiger partial charge in [-0.3, -0.25) is 4.79 Å². The summed E-state index contributed by atoms with van der Waals surface area (Å²) in [5, 5.41) is 3.30. The normalized spacial score (nSPS) is 16.1. The van der Waals surface area contributed by atoms with Gasteiger partial charge in [0, 0.05) is 12.6 Å². The highest BCUT2D eigenvalue weighted by Crippen LogP contribution is 2.11. The molecule has 2 rings (SSSR count). The summed E-state index contributed by atoms with van der Waals surface area (Å²) < 4.78 is 5.78. The zero-order chi connectivity index (χ0) is 15.1. The van der Waals surface area contributed by atoms with Crippen molar-refractivity contribution in [3.8, 4) is 0 Å². The van der Waals surface area contributed by atoms with Crippen molar-refractivity contribution in [1.82, 2.24) is 10.2 Å². The standard InChI is InChI=1S/C17H26N2O2/c1-14(2)19(12-15-6-4-3-5-7-15)17(20)13-21-16-8-10-18-11-9-16/h3-7,14,16,18H,8-13H2,1-2H3. The minimum Gasteiger partial charge on any atom is -0.368 e. The van der Waals surface area contributed by atoms with Crippen molar-refractivity contribution in [2.45, 2.75) is 45.4 Å². The van der Waals surface area contributed by atoms with E-state index in [1.54, 1.807) is 0 Å². The quantitative estimate of drug-likeness (QED) is 0.873. The van der Waals surface area contributed by atoms with Gasteiger partial charge in [-0.1, -0.05) is 30.3 Å². The van der Waals surface area contributed by atoms with Crippen LogP contribution in [0.25, 0.3) is 0 Å². The number of hydrogen-bond acceptors (Lipinski definition) is 3. The second-order valence-corrected chi connectivity index (χ2v) is 5.86. The lowest BCUT2D eigenvalue weighted by molar-refractivity contribution is -0.141. The van der Waals surface area contributed by atoms with E-state index in [1.807, 2.05) is 36.9 Å².